The highest BCUT2D eigenvalue weighted by molar-refractivity contribution is 5.95. The monoisotopic (exact) mass is 657 g/mol. The maximum Gasteiger partial charge on any atom is 0.246 e. The molecule has 48 heavy (non-hydrogen) atoms. The van der Waals surface area contributed by atoms with Gasteiger partial charge < -0.3 is 25.3 Å². The molecule has 1 saturated heterocycles. The van der Waals surface area contributed by atoms with E-state index in [-0.39, 0.29) is 17.7 Å². The van der Waals surface area contributed by atoms with Crippen LogP contribution in [-0.2, 0) is 27.2 Å². The Balaban J connectivity index is 1.98. The summed E-state index contributed by atoms with van der Waals surface area (Å²) in [7, 11) is 7.54. The molecule has 8 nitrogen and oxygen atoms in total. The van der Waals surface area contributed by atoms with Gasteiger partial charge >= 0.3 is 0 Å². The van der Waals surface area contributed by atoms with Gasteiger partial charge in [-0.05, 0) is 107 Å². The van der Waals surface area contributed by atoms with Crippen molar-refractivity contribution in [2.75, 3.05) is 47.8 Å². The van der Waals surface area contributed by atoms with Crippen LogP contribution in [0.1, 0.15) is 64.5 Å². The summed E-state index contributed by atoms with van der Waals surface area (Å²) in [6.07, 6.45) is 11.4. The zero-order chi connectivity index (χ0) is 35.4. The number of carbonyl (C=O) groups is 3. The third-order valence-corrected chi connectivity index (χ3v) is 9.31. The summed E-state index contributed by atoms with van der Waals surface area (Å²) in [4.78, 5) is 49.8. The van der Waals surface area contributed by atoms with Gasteiger partial charge in [-0.1, -0.05) is 66.8 Å². The van der Waals surface area contributed by atoms with Crippen molar-refractivity contribution >= 4 is 29.9 Å². The average molecular weight is 658 g/mol. The quantitative estimate of drug-likeness (QED) is 0.314. The van der Waals surface area contributed by atoms with Crippen LogP contribution in [0.15, 0.2) is 60.7 Å². The Labute approximate surface area is 288 Å². The number of rotatable bonds is 14. The molecule has 2 aromatic rings. The van der Waals surface area contributed by atoms with Gasteiger partial charge in [0.15, 0.2) is 0 Å². The second-order valence-corrected chi connectivity index (χ2v) is 14.3. The van der Waals surface area contributed by atoms with Gasteiger partial charge in [0.25, 0.3) is 0 Å². The number of hydrogen-bond donors (Lipinski definition) is 1. The molecule has 0 spiro atoms. The first-order valence-electron chi connectivity index (χ1n) is 17.4. The molecule has 1 fully saturated rings. The van der Waals surface area contributed by atoms with Crippen LogP contribution in [0.2, 0.25) is 0 Å². The van der Waals surface area contributed by atoms with E-state index in [9.17, 15) is 14.4 Å². The van der Waals surface area contributed by atoms with Crippen LogP contribution in [0.5, 0.6) is 0 Å². The van der Waals surface area contributed by atoms with E-state index in [0.29, 0.717) is 44.7 Å². The fourth-order valence-corrected chi connectivity index (χ4v) is 6.57. The fraction of sp³-hybridized carbons (Fsp3) is 0.525. The van der Waals surface area contributed by atoms with E-state index < -0.39 is 17.6 Å². The van der Waals surface area contributed by atoms with Crippen LogP contribution in [0.3, 0.4) is 0 Å². The number of nitrogens with zero attached hydrogens (tertiary/aromatic N) is 4. The Morgan fingerprint density at radius 1 is 0.938 bits per heavy atom. The molecule has 262 valence electrons. The molecule has 3 rings (SSSR count). The summed E-state index contributed by atoms with van der Waals surface area (Å²) in [5.41, 5.74) is 7.75. The maximum absolute atomic E-state index is 14.7. The third-order valence-electron chi connectivity index (χ3n) is 9.31. The van der Waals surface area contributed by atoms with Crippen molar-refractivity contribution in [3.63, 3.8) is 0 Å². The molecule has 0 radical (unpaired) electrons. The Morgan fingerprint density at radius 2 is 1.62 bits per heavy atom. The molecule has 3 amide bonds. The molecular formula is C40H59N5O3. The lowest BCUT2D eigenvalue weighted by molar-refractivity contribution is -0.150. The summed E-state index contributed by atoms with van der Waals surface area (Å²) in [5, 5.41) is 2.18. The van der Waals surface area contributed by atoms with Crippen molar-refractivity contribution in [3.8, 4) is 0 Å². The van der Waals surface area contributed by atoms with Gasteiger partial charge in [-0.25, -0.2) is 0 Å². The molecule has 1 aliphatic rings. The minimum Gasteiger partial charge on any atom is -0.341 e. The Kier molecular flexibility index (Phi) is 14.6. The van der Waals surface area contributed by atoms with Crippen LogP contribution in [0.25, 0.3) is 12.2 Å². The summed E-state index contributed by atoms with van der Waals surface area (Å²) in [5.74, 6) is -0.154. The van der Waals surface area contributed by atoms with Crippen molar-refractivity contribution in [1.29, 1.82) is 0 Å². The van der Waals surface area contributed by atoms with E-state index in [1.54, 1.807) is 25.1 Å². The number of likely N-dealkylation sites (N-methyl/N-ethyl adjacent to an activating group) is 2. The lowest BCUT2D eigenvalue weighted by Gasteiger charge is -2.39. The first kappa shape index (κ1) is 38.7. The maximum atomic E-state index is 14.7. The molecule has 2 aromatic carbocycles. The highest BCUT2D eigenvalue weighted by Crippen LogP contribution is 2.22. The molecule has 0 aliphatic carbocycles. The van der Waals surface area contributed by atoms with Crippen molar-refractivity contribution in [3.05, 3.63) is 82.2 Å². The standard InChI is InChI=1S/C40H59N5O3/c1-9-33-22-20-31(26-34(33)10-2)27-36(43(7)37(46)19-14-24-40(3,4)41)38(47)44(8)35(23-21-30-16-12-11-13-17-30)39(48)45-25-15-18-32(29-45)28-42(5)6/h9-14,16-17,19-20,22,26,32,35-36H,15,18,21,23-25,27-29,41H2,1-8H3/b19-14+,33-9-,34-10-/t32-,35+,36+/m0/s1. The van der Waals surface area contributed by atoms with E-state index in [4.69, 9.17) is 5.73 Å². The number of nitrogens with two attached hydrogens (primary N) is 1. The van der Waals surface area contributed by atoms with Gasteiger partial charge in [-0.2, -0.15) is 0 Å². The van der Waals surface area contributed by atoms with Crippen LogP contribution in [0.4, 0.5) is 0 Å². The van der Waals surface area contributed by atoms with Gasteiger partial charge in [0.1, 0.15) is 12.1 Å². The van der Waals surface area contributed by atoms with E-state index >= 15 is 0 Å². The lowest BCUT2D eigenvalue weighted by atomic mass is 9.95. The van der Waals surface area contributed by atoms with Crippen LogP contribution in [0, 0.1) is 5.92 Å². The van der Waals surface area contributed by atoms with Crippen molar-refractivity contribution < 1.29 is 14.4 Å². The number of hydrogen-bond acceptors (Lipinski definition) is 5. The Hall–Kier alpha value is -3.75. The zero-order valence-electron chi connectivity index (χ0n) is 30.6. The van der Waals surface area contributed by atoms with E-state index in [0.717, 1.165) is 41.0 Å². The average Bonchev–Trinajstić information content (AvgIpc) is 3.06. The largest absolute Gasteiger partial charge is 0.341 e. The fourth-order valence-electron chi connectivity index (χ4n) is 6.57. The summed E-state index contributed by atoms with van der Waals surface area (Å²) >= 11 is 0. The third kappa shape index (κ3) is 11.4. The number of amides is 3. The molecule has 1 heterocycles. The first-order valence-corrected chi connectivity index (χ1v) is 17.4. The van der Waals surface area contributed by atoms with Gasteiger partial charge in [-0.3, -0.25) is 14.4 Å². The highest BCUT2D eigenvalue weighted by Gasteiger charge is 2.37. The zero-order valence-corrected chi connectivity index (χ0v) is 30.6. The predicted octanol–water partition coefficient (Wildman–Crippen LogP) is 3.60. The second kappa shape index (κ2) is 18.1. The molecule has 8 heteroatoms. The number of aryl methyl sites for hydroxylation is 1. The minimum absolute atomic E-state index is 0.0197. The van der Waals surface area contributed by atoms with Crippen molar-refractivity contribution in [1.82, 2.24) is 19.6 Å². The number of piperidine rings is 1. The van der Waals surface area contributed by atoms with E-state index in [2.05, 4.69) is 49.3 Å². The Bertz CT molecular complexity index is 1510. The molecule has 0 aromatic heterocycles. The summed E-state index contributed by atoms with van der Waals surface area (Å²) in [6, 6.07) is 14.8. The second-order valence-electron chi connectivity index (χ2n) is 14.3. The van der Waals surface area contributed by atoms with Gasteiger partial charge in [0, 0.05) is 45.7 Å². The minimum atomic E-state index is -0.811. The number of likely N-dealkylation sites (tertiary alicyclic amines) is 1. The molecule has 0 saturated carbocycles. The number of carbonyl (C=O) groups excluding carboxylic acids is 3. The van der Waals surface area contributed by atoms with Crippen molar-refractivity contribution in [2.24, 2.45) is 11.7 Å². The number of benzene rings is 2. The molecule has 0 unspecified atom stereocenters. The molecule has 0 bridgehead atoms. The first-order chi connectivity index (χ1) is 22.7. The highest BCUT2D eigenvalue weighted by atomic mass is 16.2. The van der Waals surface area contributed by atoms with Gasteiger partial charge in [0.2, 0.25) is 17.7 Å². The van der Waals surface area contributed by atoms with Gasteiger partial charge in [-0.15, -0.1) is 0 Å². The smallest absolute Gasteiger partial charge is 0.246 e. The Morgan fingerprint density at radius 3 is 2.25 bits per heavy atom. The van der Waals surface area contributed by atoms with E-state index in [1.807, 2.05) is 62.9 Å². The van der Waals surface area contributed by atoms with Gasteiger partial charge in [0.05, 0.1) is 0 Å². The SMILES string of the molecule is C/C=c1/ccc(C[C@H](C(=O)N(C)[C@H](CCc2ccccc2)C(=O)N2CCC[C@@H](CN(C)C)C2)N(C)C(=O)/C=C/CC(C)(C)N)c/c1=C/C. The normalized spacial score (nSPS) is 17.5. The van der Waals surface area contributed by atoms with Crippen LogP contribution >= 0.6 is 0 Å². The topological polar surface area (TPSA) is 90.2 Å². The summed E-state index contributed by atoms with van der Waals surface area (Å²) < 4.78 is 0. The van der Waals surface area contributed by atoms with Crippen molar-refractivity contribution in [2.45, 2.75) is 83.8 Å². The predicted molar refractivity (Wildman–Crippen MR) is 197 cm³/mol. The lowest BCUT2D eigenvalue weighted by Crippen LogP contribution is -2.57. The molecule has 3 atom stereocenters. The molecular weight excluding hydrogens is 598 g/mol. The summed E-state index contributed by atoms with van der Waals surface area (Å²) in [6.45, 7) is 10.1. The van der Waals surface area contributed by atoms with E-state index in [1.165, 1.54) is 11.0 Å². The molecule has 2 N–H and O–H groups in total. The molecule has 1 aliphatic heterocycles. The van der Waals surface area contributed by atoms with Crippen LogP contribution < -0.4 is 16.2 Å². The van der Waals surface area contributed by atoms with Crippen LogP contribution in [-0.4, -0.2) is 103 Å².